The summed E-state index contributed by atoms with van der Waals surface area (Å²) in [6.45, 7) is 6.85. The molecule has 3 heteroatoms. The monoisotopic (exact) mass is 235 g/mol. The van der Waals surface area contributed by atoms with Gasteiger partial charge in [0.05, 0.1) is 12.0 Å². The zero-order chi connectivity index (χ0) is 12.4. The molecule has 0 bridgehead atoms. The average molecular weight is 235 g/mol. The smallest absolute Gasteiger partial charge is 0.0951 e. The maximum absolute atomic E-state index is 6.15. The summed E-state index contributed by atoms with van der Waals surface area (Å²) < 4.78 is 2.33. The Kier molecular flexibility index (Phi) is 3.87. The van der Waals surface area contributed by atoms with Crippen molar-refractivity contribution in [2.24, 2.45) is 17.6 Å². The predicted octanol–water partition coefficient (Wildman–Crippen LogP) is 3.29. The van der Waals surface area contributed by atoms with E-state index in [-0.39, 0.29) is 6.04 Å². The van der Waals surface area contributed by atoms with Crippen molar-refractivity contribution in [2.75, 3.05) is 0 Å². The molecule has 0 aromatic carbocycles. The highest BCUT2D eigenvalue weighted by Crippen LogP contribution is 2.37. The largest absolute Gasteiger partial charge is 0.330 e. The first-order valence-electron chi connectivity index (χ1n) is 6.89. The quantitative estimate of drug-likeness (QED) is 0.873. The van der Waals surface area contributed by atoms with Crippen LogP contribution in [0.15, 0.2) is 12.5 Å². The minimum atomic E-state index is 0.130. The van der Waals surface area contributed by atoms with Crippen molar-refractivity contribution in [1.82, 2.24) is 9.55 Å². The van der Waals surface area contributed by atoms with E-state index in [1.165, 1.54) is 25.0 Å². The Morgan fingerprint density at radius 1 is 1.35 bits per heavy atom. The van der Waals surface area contributed by atoms with Crippen LogP contribution in [0.2, 0.25) is 0 Å². The van der Waals surface area contributed by atoms with Gasteiger partial charge in [0.2, 0.25) is 0 Å². The number of aromatic nitrogens is 2. The van der Waals surface area contributed by atoms with Crippen molar-refractivity contribution >= 4 is 0 Å². The van der Waals surface area contributed by atoms with E-state index in [9.17, 15) is 0 Å². The molecule has 2 unspecified atom stereocenters. The van der Waals surface area contributed by atoms with Crippen LogP contribution in [0.5, 0.6) is 0 Å². The molecule has 2 rings (SSSR count). The molecular formula is C14H25N3. The molecule has 0 spiro atoms. The normalized spacial score (nSPS) is 31.4. The number of hydrogen-bond acceptors (Lipinski definition) is 2. The lowest BCUT2D eigenvalue weighted by molar-refractivity contribution is 0.217. The second-order valence-corrected chi connectivity index (χ2v) is 5.81. The molecule has 0 aliphatic heterocycles. The van der Waals surface area contributed by atoms with Crippen LogP contribution >= 0.6 is 0 Å². The van der Waals surface area contributed by atoms with Gasteiger partial charge in [-0.3, -0.25) is 0 Å². The molecular weight excluding hydrogens is 210 g/mol. The summed E-state index contributed by atoms with van der Waals surface area (Å²) in [6, 6.07) is 0.730. The maximum Gasteiger partial charge on any atom is 0.0951 e. The molecule has 1 aliphatic carbocycles. The van der Waals surface area contributed by atoms with E-state index >= 15 is 0 Å². The van der Waals surface area contributed by atoms with Gasteiger partial charge in [-0.1, -0.05) is 20.8 Å². The van der Waals surface area contributed by atoms with Gasteiger partial charge >= 0.3 is 0 Å². The SMILES string of the molecule is CC[C@@H](N)c1cncn1C1CC(C)CC(C)C1. The van der Waals surface area contributed by atoms with Gasteiger partial charge in [0.15, 0.2) is 0 Å². The molecule has 1 aromatic heterocycles. The highest BCUT2D eigenvalue weighted by atomic mass is 15.1. The van der Waals surface area contributed by atoms with Crippen LogP contribution in [0.25, 0.3) is 0 Å². The maximum atomic E-state index is 6.15. The Balaban J connectivity index is 2.18. The minimum Gasteiger partial charge on any atom is -0.330 e. The zero-order valence-corrected chi connectivity index (χ0v) is 11.3. The fourth-order valence-electron chi connectivity index (χ4n) is 3.25. The van der Waals surface area contributed by atoms with Gasteiger partial charge in [-0.05, 0) is 37.5 Å². The second kappa shape index (κ2) is 5.21. The van der Waals surface area contributed by atoms with E-state index in [4.69, 9.17) is 5.73 Å². The minimum absolute atomic E-state index is 0.130. The van der Waals surface area contributed by atoms with Crippen LogP contribution < -0.4 is 5.73 Å². The summed E-state index contributed by atoms with van der Waals surface area (Å²) in [6.07, 6.45) is 8.79. The van der Waals surface area contributed by atoms with Crippen molar-refractivity contribution < 1.29 is 0 Å². The van der Waals surface area contributed by atoms with Crippen molar-refractivity contribution in [3.8, 4) is 0 Å². The lowest BCUT2D eigenvalue weighted by atomic mass is 9.80. The van der Waals surface area contributed by atoms with Gasteiger partial charge in [0.1, 0.15) is 0 Å². The molecule has 3 atom stereocenters. The zero-order valence-electron chi connectivity index (χ0n) is 11.3. The van der Waals surface area contributed by atoms with Crippen LogP contribution in [0, 0.1) is 11.8 Å². The fourth-order valence-corrected chi connectivity index (χ4v) is 3.25. The Bertz CT molecular complexity index is 348. The van der Waals surface area contributed by atoms with Crippen molar-refractivity contribution in [2.45, 2.75) is 58.5 Å². The Labute approximate surface area is 104 Å². The average Bonchev–Trinajstić information content (AvgIpc) is 2.75. The molecule has 0 amide bonds. The number of rotatable bonds is 3. The van der Waals surface area contributed by atoms with Crippen LogP contribution in [0.4, 0.5) is 0 Å². The van der Waals surface area contributed by atoms with Crippen LogP contribution in [-0.2, 0) is 0 Å². The lowest BCUT2D eigenvalue weighted by Gasteiger charge is -2.33. The molecule has 96 valence electrons. The molecule has 1 saturated carbocycles. The standard InChI is InChI=1S/C14H25N3/c1-4-13(15)14-8-16-9-17(14)12-6-10(2)5-11(3)7-12/h8-13H,4-7,15H2,1-3H3/t10?,11?,12?,13-/m1/s1. The molecule has 3 nitrogen and oxygen atoms in total. The van der Waals surface area contributed by atoms with E-state index < -0.39 is 0 Å². The van der Waals surface area contributed by atoms with Crippen LogP contribution in [-0.4, -0.2) is 9.55 Å². The Hall–Kier alpha value is -0.830. The van der Waals surface area contributed by atoms with Crippen LogP contribution in [0.1, 0.15) is 64.2 Å². The highest BCUT2D eigenvalue weighted by Gasteiger charge is 2.26. The summed E-state index contributed by atoms with van der Waals surface area (Å²) >= 11 is 0. The molecule has 0 saturated heterocycles. The van der Waals surface area contributed by atoms with E-state index in [0.29, 0.717) is 6.04 Å². The topological polar surface area (TPSA) is 43.8 Å². The van der Waals surface area contributed by atoms with Gasteiger partial charge in [0, 0.05) is 18.3 Å². The van der Waals surface area contributed by atoms with E-state index in [1.54, 1.807) is 0 Å². The molecule has 2 N–H and O–H groups in total. The van der Waals surface area contributed by atoms with Gasteiger partial charge < -0.3 is 10.3 Å². The summed E-state index contributed by atoms with van der Waals surface area (Å²) in [5.41, 5.74) is 7.36. The number of nitrogens with zero attached hydrogens (tertiary/aromatic N) is 2. The molecule has 1 heterocycles. The Morgan fingerprint density at radius 3 is 2.59 bits per heavy atom. The molecule has 1 aliphatic rings. The third-order valence-electron chi connectivity index (χ3n) is 4.06. The summed E-state index contributed by atoms with van der Waals surface area (Å²) in [4.78, 5) is 4.30. The van der Waals surface area contributed by atoms with Gasteiger partial charge in [0.25, 0.3) is 0 Å². The Morgan fingerprint density at radius 2 is 2.00 bits per heavy atom. The van der Waals surface area contributed by atoms with Gasteiger partial charge in [-0.2, -0.15) is 0 Å². The highest BCUT2D eigenvalue weighted by molar-refractivity contribution is 5.06. The van der Waals surface area contributed by atoms with Gasteiger partial charge in [-0.25, -0.2) is 4.98 Å². The summed E-state index contributed by atoms with van der Waals surface area (Å²) in [7, 11) is 0. The third kappa shape index (κ3) is 2.71. The van der Waals surface area contributed by atoms with Crippen molar-refractivity contribution in [3.05, 3.63) is 18.2 Å². The molecule has 17 heavy (non-hydrogen) atoms. The van der Waals surface area contributed by atoms with E-state index in [1.807, 2.05) is 12.5 Å². The number of imidazole rings is 1. The summed E-state index contributed by atoms with van der Waals surface area (Å²) in [5.74, 6) is 1.63. The fraction of sp³-hybridized carbons (Fsp3) is 0.786. The number of hydrogen-bond donors (Lipinski definition) is 1. The van der Waals surface area contributed by atoms with Crippen LogP contribution in [0.3, 0.4) is 0 Å². The lowest BCUT2D eigenvalue weighted by Crippen LogP contribution is -2.25. The van der Waals surface area contributed by atoms with Crippen molar-refractivity contribution in [3.63, 3.8) is 0 Å². The first kappa shape index (κ1) is 12.6. The second-order valence-electron chi connectivity index (χ2n) is 5.81. The molecule has 1 fully saturated rings. The molecule has 0 radical (unpaired) electrons. The first-order valence-corrected chi connectivity index (χ1v) is 6.89. The van der Waals surface area contributed by atoms with Crippen molar-refractivity contribution in [1.29, 1.82) is 0 Å². The number of nitrogens with two attached hydrogens (primary N) is 1. The third-order valence-corrected chi connectivity index (χ3v) is 4.06. The summed E-state index contributed by atoms with van der Waals surface area (Å²) in [5, 5.41) is 0. The first-order chi connectivity index (χ1) is 8.11. The molecule has 1 aromatic rings. The van der Waals surface area contributed by atoms with E-state index in [2.05, 4.69) is 30.3 Å². The van der Waals surface area contributed by atoms with Gasteiger partial charge in [-0.15, -0.1) is 0 Å². The predicted molar refractivity (Wildman–Crippen MR) is 70.7 cm³/mol. The van der Waals surface area contributed by atoms with E-state index in [0.717, 1.165) is 18.3 Å².